The van der Waals surface area contributed by atoms with Gasteiger partial charge in [-0.1, -0.05) is 122 Å². The number of hydrogen-bond donors (Lipinski definition) is 0. The normalized spacial score (nSPS) is 13.8. The van der Waals surface area contributed by atoms with Gasteiger partial charge in [0.25, 0.3) is 0 Å². The predicted octanol–water partition coefficient (Wildman–Crippen LogP) is 8.68. The zero-order valence-corrected chi connectivity index (χ0v) is 18.3. The van der Waals surface area contributed by atoms with Crippen LogP contribution in [0.2, 0.25) is 0 Å². The van der Waals surface area contributed by atoms with E-state index in [9.17, 15) is 0 Å². The molecule has 0 N–H and O–H groups in total. The second kappa shape index (κ2) is 14.9. The molecular formula is C17H33Cl3S2. The minimum atomic E-state index is -1.13. The lowest BCUT2D eigenvalue weighted by Gasteiger charge is -2.28. The molecule has 0 aliphatic heterocycles. The second-order valence-corrected chi connectivity index (χ2v) is 11.3. The van der Waals surface area contributed by atoms with Crippen molar-refractivity contribution in [1.29, 1.82) is 0 Å². The van der Waals surface area contributed by atoms with Gasteiger partial charge in [0.15, 0.2) is 3.79 Å². The van der Waals surface area contributed by atoms with Crippen molar-refractivity contribution >= 4 is 56.4 Å². The molecule has 0 spiro atoms. The number of alkyl halides is 3. The maximum absolute atomic E-state index is 6.08. The molecule has 0 aliphatic carbocycles. The van der Waals surface area contributed by atoms with Gasteiger partial charge in [-0.3, -0.25) is 0 Å². The van der Waals surface area contributed by atoms with Gasteiger partial charge in [-0.05, 0) is 25.0 Å². The van der Waals surface area contributed by atoms with Gasteiger partial charge in [-0.25, -0.2) is 0 Å². The van der Waals surface area contributed by atoms with E-state index >= 15 is 0 Å². The highest BCUT2D eigenvalue weighted by atomic mass is 35.6. The first-order chi connectivity index (χ1) is 10.4. The van der Waals surface area contributed by atoms with Crippen LogP contribution in [-0.2, 0) is 0 Å². The zero-order chi connectivity index (χ0) is 16.8. The molecule has 0 aromatic heterocycles. The molecule has 0 saturated carbocycles. The fourth-order valence-electron chi connectivity index (χ4n) is 2.81. The molecule has 0 aliphatic rings. The van der Waals surface area contributed by atoms with Crippen LogP contribution >= 0.6 is 56.4 Å². The smallest absolute Gasteiger partial charge is 0.0973 e. The Morgan fingerprint density at radius 2 is 1.32 bits per heavy atom. The third kappa shape index (κ3) is 14.0. The average molecular weight is 408 g/mol. The third-order valence-electron chi connectivity index (χ3n) is 4.04. The maximum Gasteiger partial charge on any atom is 0.191 e. The topological polar surface area (TPSA) is 0 Å². The Balaban J connectivity index is 4.50. The summed E-state index contributed by atoms with van der Waals surface area (Å²) in [5, 5.41) is 0.450. The van der Waals surface area contributed by atoms with E-state index in [1.165, 1.54) is 64.2 Å². The van der Waals surface area contributed by atoms with E-state index < -0.39 is 3.79 Å². The molecule has 0 aromatic rings. The van der Waals surface area contributed by atoms with Gasteiger partial charge in [-0.2, -0.15) is 0 Å². The van der Waals surface area contributed by atoms with Crippen molar-refractivity contribution in [3.8, 4) is 0 Å². The molecule has 1 atom stereocenters. The Morgan fingerprint density at radius 3 is 1.68 bits per heavy atom. The molecule has 5 heteroatoms. The summed E-state index contributed by atoms with van der Waals surface area (Å²) >= 11 is 18.3. The standard InChI is InChI=1S/C17H33Cl3S2/c1-4-6-8-10-12-15(13-11-9-7-5-2)16(22-21-3)14-17(18,19)20/h15-16H,4-14H2,1-3H3/t16-/m0/s1. The molecule has 0 bridgehead atoms. The van der Waals surface area contributed by atoms with Crippen LogP contribution in [-0.4, -0.2) is 15.3 Å². The molecule has 22 heavy (non-hydrogen) atoms. The van der Waals surface area contributed by atoms with Crippen molar-refractivity contribution in [1.82, 2.24) is 0 Å². The second-order valence-electron chi connectivity index (χ2n) is 6.08. The van der Waals surface area contributed by atoms with Crippen LogP contribution in [0.1, 0.15) is 84.5 Å². The van der Waals surface area contributed by atoms with Crippen molar-refractivity contribution in [2.75, 3.05) is 6.26 Å². The lowest BCUT2D eigenvalue weighted by atomic mass is 9.90. The summed E-state index contributed by atoms with van der Waals surface area (Å²) in [6.07, 6.45) is 15.9. The monoisotopic (exact) mass is 406 g/mol. The summed E-state index contributed by atoms with van der Waals surface area (Å²) in [4.78, 5) is 0. The quantitative estimate of drug-likeness (QED) is 0.160. The zero-order valence-electron chi connectivity index (χ0n) is 14.4. The van der Waals surface area contributed by atoms with Crippen LogP contribution in [0.25, 0.3) is 0 Å². The van der Waals surface area contributed by atoms with Gasteiger partial charge in [0.05, 0.1) is 0 Å². The summed E-state index contributed by atoms with van der Waals surface area (Å²) in [5.74, 6) is 0.682. The van der Waals surface area contributed by atoms with Crippen LogP contribution in [0.4, 0.5) is 0 Å². The van der Waals surface area contributed by atoms with E-state index in [2.05, 4.69) is 20.1 Å². The Labute approximate surface area is 161 Å². The summed E-state index contributed by atoms with van der Waals surface area (Å²) in [5.41, 5.74) is 0. The van der Waals surface area contributed by atoms with E-state index in [1.807, 2.05) is 10.8 Å². The summed E-state index contributed by atoms with van der Waals surface area (Å²) in [6.45, 7) is 4.52. The molecule has 0 fully saturated rings. The molecule has 0 rings (SSSR count). The fourth-order valence-corrected chi connectivity index (χ4v) is 6.00. The molecule has 0 saturated heterocycles. The molecule has 0 nitrogen and oxygen atoms in total. The molecule has 134 valence electrons. The van der Waals surface area contributed by atoms with Crippen LogP contribution in [0.3, 0.4) is 0 Å². The lowest BCUT2D eigenvalue weighted by Crippen LogP contribution is -2.23. The first-order valence-corrected chi connectivity index (χ1v) is 12.5. The summed E-state index contributed by atoms with van der Waals surface area (Å²) < 4.78 is -1.13. The lowest BCUT2D eigenvalue weighted by molar-refractivity contribution is 0.386. The Morgan fingerprint density at radius 1 is 0.818 bits per heavy atom. The van der Waals surface area contributed by atoms with Gasteiger partial charge < -0.3 is 0 Å². The molecule has 0 amide bonds. The SMILES string of the molecule is CCCCCCC(CCCCCC)[C@H](CC(Cl)(Cl)Cl)SSC. The number of hydrogen-bond acceptors (Lipinski definition) is 2. The van der Waals surface area contributed by atoms with Gasteiger partial charge in [0.1, 0.15) is 0 Å². The minimum Gasteiger partial charge on any atom is -0.0973 e. The minimum absolute atomic E-state index is 0.450. The van der Waals surface area contributed by atoms with Gasteiger partial charge in [-0.15, -0.1) is 0 Å². The highest BCUT2D eigenvalue weighted by Crippen LogP contribution is 2.43. The Kier molecular flexibility index (Phi) is 15.9. The van der Waals surface area contributed by atoms with E-state index in [0.29, 0.717) is 17.6 Å². The molecule has 0 unspecified atom stereocenters. The van der Waals surface area contributed by atoms with Gasteiger partial charge in [0.2, 0.25) is 0 Å². The Hall–Kier alpha value is 1.57. The van der Waals surface area contributed by atoms with Gasteiger partial charge in [0, 0.05) is 11.7 Å². The number of rotatable bonds is 14. The molecule has 0 radical (unpaired) electrons. The van der Waals surface area contributed by atoms with Crippen LogP contribution in [0.15, 0.2) is 0 Å². The van der Waals surface area contributed by atoms with E-state index in [0.717, 1.165) is 0 Å². The largest absolute Gasteiger partial charge is 0.191 e. The van der Waals surface area contributed by atoms with Crippen LogP contribution < -0.4 is 0 Å². The highest BCUT2D eigenvalue weighted by Gasteiger charge is 2.30. The number of unbranched alkanes of at least 4 members (excludes halogenated alkanes) is 6. The summed E-state index contributed by atoms with van der Waals surface area (Å²) in [7, 11) is 3.71. The first-order valence-electron chi connectivity index (χ1n) is 8.70. The molecular weight excluding hydrogens is 375 g/mol. The maximum atomic E-state index is 6.08. The predicted molar refractivity (Wildman–Crippen MR) is 111 cm³/mol. The highest BCUT2D eigenvalue weighted by molar-refractivity contribution is 8.76. The fraction of sp³-hybridized carbons (Fsp3) is 1.00. The van der Waals surface area contributed by atoms with Crippen molar-refractivity contribution in [2.24, 2.45) is 5.92 Å². The molecule has 0 heterocycles. The van der Waals surface area contributed by atoms with Gasteiger partial charge >= 0.3 is 0 Å². The third-order valence-corrected chi connectivity index (χ3v) is 6.81. The number of halogens is 3. The first kappa shape index (κ1) is 23.6. The van der Waals surface area contributed by atoms with Crippen molar-refractivity contribution in [3.63, 3.8) is 0 Å². The summed E-state index contributed by atoms with van der Waals surface area (Å²) in [6, 6.07) is 0. The van der Waals surface area contributed by atoms with E-state index in [4.69, 9.17) is 34.8 Å². The van der Waals surface area contributed by atoms with Crippen molar-refractivity contribution < 1.29 is 0 Å². The Bertz CT molecular complexity index is 233. The molecule has 0 aromatic carbocycles. The average Bonchev–Trinajstić information content (AvgIpc) is 2.44. The van der Waals surface area contributed by atoms with Crippen molar-refractivity contribution in [2.45, 2.75) is 93.5 Å². The van der Waals surface area contributed by atoms with Crippen molar-refractivity contribution in [3.05, 3.63) is 0 Å². The van der Waals surface area contributed by atoms with E-state index in [1.54, 1.807) is 10.8 Å². The van der Waals surface area contributed by atoms with E-state index in [-0.39, 0.29) is 0 Å². The van der Waals surface area contributed by atoms with Crippen LogP contribution in [0, 0.1) is 5.92 Å². The van der Waals surface area contributed by atoms with Crippen LogP contribution in [0.5, 0.6) is 0 Å².